The number of imidazole rings is 1. The Kier molecular flexibility index (Phi) is 2.96. The first-order valence-electron chi connectivity index (χ1n) is 6.70. The predicted octanol–water partition coefficient (Wildman–Crippen LogP) is 2.08. The van der Waals surface area contributed by atoms with E-state index in [2.05, 4.69) is 21.2 Å². The second-order valence-electron chi connectivity index (χ2n) is 5.09. The second kappa shape index (κ2) is 4.58. The Hall–Kier alpha value is -0.830. The van der Waals surface area contributed by atoms with Crippen molar-refractivity contribution in [3.8, 4) is 0 Å². The average molecular weight is 219 g/mol. The zero-order valence-electron chi connectivity index (χ0n) is 9.91. The van der Waals surface area contributed by atoms with Crippen LogP contribution in [0, 0.1) is 0 Å². The van der Waals surface area contributed by atoms with Gasteiger partial charge in [-0.3, -0.25) is 0 Å². The number of fused-ring (bicyclic) bond motifs is 1. The molecule has 1 N–H and O–H groups in total. The summed E-state index contributed by atoms with van der Waals surface area (Å²) in [6.07, 6.45) is 11.1. The summed E-state index contributed by atoms with van der Waals surface area (Å²) in [6, 6.07) is 0.698. The SMILES string of the molecule is c1nc2c(n1C1CCCNCC1)CCCC2. The molecule has 3 nitrogen and oxygen atoms in total. The van der Waals surface area contributed by atoms with Crippen LogP contribution in [0.4, 0.5) is 0 Å². The first kappa shape index (κ1) is 10.3. The summed E-state index contributed by atoms with van der Waals surface area (Å²) in [7, 11) is 0. The highest BCUT2D eigenvalue weighted by Gasteiger charge is 2.21. The van der Waals surface area contributed by atoms with Crippen LogP contribution in [0.2, 0.25) is 0 Å². The molecule has 3 rings (SSSR count). The minimum atomic E-state index is 0.698. The molecule has 88 valence electrons. The summed E-state index contributed by atoms with van der Waals surface area (Å²) in [6.45, 7) is 2.35. The highest BCUT2D eigenvalue weighted by molar-refractivity contribution is 5.17. The van der Waals surface area contributed by atoms with Crippen LogP contribution in [0.3, 0.4) is 0 Å². The van der Waals surface area contributed by atoms with Gasteiger partial charge in [0.05, 0.1) is 12.0 Å². The third kappa shape index (κ3) is 1.88. The maximum atomic E-state index is 4.61. The van der Waals surface area contributed by atoms with Crippen LogP contribution in [0.15, 0.2) is 6.33 Å². The van der Waals surface area contributed by atoms with E-state index in [1.165, 1.54) is 62.9 Å². The summed E-state index contributed by atoms with van der Waals surface area (Å²) >= 11 is 0. The fraction of sp³-hybridized carbons (Fsp3) is 0.769. The van der Waals surface area contributed by atoms with Crippen molar-refractivity contribution in [2.45, 2.75) is 51.0 Å². The Morgan fingerprint density at radius 1 is 1.12 bits per heavy atom. The molecule has 1 saturated heterocycles. The zero-order valence-corrected chi connectivity index (χ0v) is 9.91. The molecular weight excluding hydrogens is 198 g/mol. The summed E-state index contributed by atoms with van der Waals surface area (Å²) in [5.41, 5.74) is 2.92. The molecule has 0 amide bonds. The van der Waals surface area contributed by atoms with E-state index in [0.717, 1.165) is 6.54 Å². The number of nitrogens with zero attached hydrogens (tertiary/aromatic N) is 2. The molecule has 3 heteroatoms. The Morgan fingerprint density at radius 2 is 2.06 bits per heavy atom. The van der Waals surface area contributed by atoms with Gasteiger partial charge in [0.25, 0.3) is 0 Å². The molecule has 1 aliphatic carbocycles. The standard InChI is InChI=1S/C13H21N3/c1-2-6-13-12(5-1)15-10-16(13)11-4-3-8-14-9-7-11/h10-11,14H,1-9H2. The predicted molar refractivity (Wildman–Crippen MR) is 64.6 cm³/mol. The molecule has 1 unspecified atom stereocenters. The molecule has 0 saturated carbocycles. The van der Waals surface area contributed by atoms with E-state index in [1.807, 2.05) is 0 Å². The van der Waals surface area contributed by atoms with Gasteiger partial charge in [0.1, 0.15) is 0 Å². The van der Waals surface area contributed by atoms with E-state index in [9.17, 15) is 0 Å². The van der Waals surface area contributed by atoms with Gasteiger partial charge in [0.15, 0.2) is 0 Å². The number of rotatable bonds is 1. The molecule has 1 aromatic rings. The quantitative estimate of drug-likeness (QED) is 0.783. The van der Waals surface area contributed by atoms with Gasteiger partial charge in [-0.1, -0.05) is 0 Å². The highest BCUT2D eigenvalue weighted by atomic mass is 15.1. The number of hydrogen-bond acceptors (Lipinski definition) is 2. The van der Waals surface area contributed by atoms with Gasteiger partial charge in [-0.15, -0.1) is 0 Å². The first-order chi connectivity index (χ1) is 7.95. The zero-order chi connectivity index (χ0) is 10.8. The number of aromatic nitrogens is 2. The monoisotopic (exact) mass is 219 g/mol. The van der Waals surface area contributed by atoms with E-state index >= 15 is 0 Å². The number of aryl methyl sites for hydroxylation is 1. The molecule has 1 atom stereocenters. The summed E-state index contributed by atoms with van der Waals surface area (Å²) < 4.78 is 2.49. The van der Waals surface area contributed by atoms with Crippen molar-refractivity contribution in [2.24, 2.45) is 0 Å². The summed E-state index contributed by atoms with van der Waals surface area (Å²) in [5.74, 6) is 0. The van der Waals surface area contributed by atoms with E-state index in [-0.39, 0.29) is 0 Å². The summed E-state index contributed by atoms with van der Waals surface area (Å²) in [5, 5.41) is 3.49. The van der Waals surface area contributed by atoms with Crippen LogP contribution in [0.1, 0.15) is 49.5 Å². The molecule has 1 aromatic heterocycles. The van der Waals surface area contributed by atoms with Crippen molar-refractivity contribution in [3.63, 3.8) is 0 Å². The number of nitrogens with one attached hydrogen (secondary N) is 1. The Labute approximate surface area is 97.3 Å². The van der Waals surface area contributed by atoms with Crippen molar-refractivity contribution in [1.29, 1.82) is 0 Å². The van der Waals surface area contributed by atoms with E-state index in [4.69, 9.17) is 0 Å². The maximum absolute atomic E-state index is 4.61. The largest absolute Gasteiger partial charge is 0.331 e. The Morgan fingerprint density at radius 3 is 3.06 bits per heavy atom. The van der Waals surface area contributed by atoms with Gasteiger partial charge in [0.2, 0.25) is 0 Å². The van der Waals surface area contributed by atoms with Crippen molar-refractivity contribution in [3.05, 3.63) is 17.7 Å². The van der Waals surface area contributed by atoms with E-state index < -0.39 is 0 Å². The lowest BCUT2D eigenvalue weighted by Gasteiger charge is -2.21. The van der Waals surface area contributed by atoms with Crippen molar-refractivity contribution in [2.75, 3.05) is 13.1 Å². The third-order valence-corrected chi connectivity index (χ3v) is 4.00. The minimum absolute atomic E-state index is 0.698. The lowest BCUT2D eigenvalue weighted by atomic mass is 10.00. The second-order valence-corrected chi connectivity index (χ2v) is 5.09. The van der Waals surface area contributed by atoms with E-state index in [0.29, 0.717) is 6.04 Å². The molecule has 16 heavy (non-hydrogen) atoms. The smallest absolute Gasteiger partial charge is 0.0954 e. The van der Waals surface area contributed by atoms with Crippen LogP contribution in [-0.4, -0.2) is 22.6 Å². The van der Waals surface area contributed by atoms with Crippen LogP contribution in [0.25, 0.3) is 0 Å². The maximum Gasteiger partial charge on any atom is 0.0954 e. The van der Waals surface area contributed by atoms with Gasteiger partial charge < -0.3 is 9.88 Å². The molecule has 1 aliphatic heterocycles. The van der Waals surface area contributed by atoms with Crippen LogP contribution in [0.5, 0.6) is 0 Å². The van der Waals surface area contributed by atoms with Crippen LogP contribution >= 0.6 is 0 Å². The molecule has 0 aromatic carbocycles. The fourth-order valence-electron chi connectivity index (χ4n) is 3.09. The van der Waals surface area contributed by atoms with Crippen LogP contribution < -0.4 is 5.32 Å². The summed E-state index contributed by atoms with van der Waals surface area (Å²) in [4.78, 5) is 4.61. The fourth-order valence-corrected chi connectivity index (χ4v) is 3.09. The molecule has 0 radical (unpaired) electrons. The van der Waals surface area contributed by atoms with Gasteiger partial charge in [-0.05, 0) is 58.0 Å². The molecule has 0 spiro atoms. The van der Waals surface area contributed by atoms with Crippen molar-refractivity contribution < 1.29 is 0 Å². The molecule has 0 bridgehead atoms. The first-order valence-corrected chi connectivity index (χ1v) is 6.70. The third-order valence-electron chi connectivity index (χ3n) is 4.00. The molecular formula is C13H21N3. The average Bonchev–Trinajstić information content (AvgIpc) is 2.57. The van der Waals surface area contributed by atoms with Crippen LogP contribution in [-0.2, 0) is 12.8 Å². The van der Waals surface area contributed by atoms with Crippen molar-refractivity contribution >= 4 is 0 Å². The molecule has 2 heterocycles. The molecule has 2 aliphatic rings. The van der Waals surface area contributed by atoms with E-state index in [1.54, 1.807) is 0 Å². The van der Waals surface area contributed by atoms with Crippen molar-refractivity contribution in [1.82, 2.24) is 14.9 Å². The Balaban J connectivity index is 1.84. The lowest BCUT2D eigenvalue weighted by Crippen LogP contribution is -2.17. The molecule has 1 fully saturated rings. The normalized spacial score (nSPS) is 26.1. The number of hydrogen-bond donors (Lipinski definition) is 1. The Bertz CT molecular complexity index is 348. The highest BCUT2D eigenvalue weighted by Crippen LogP contribution is 2.27. The van der Waals surface area contributed by atoms with Gasteiger partial charge in [-0.2, -0.15) is 0 Å². The van der Waals surface area contributed by atoms with Gasteiger partial charge in [0, 0.05) is 11.7 Å². The van der Waals surface area contributed by atoms with Gasteiger partial charge >= 0.3 is 0 Å². The minimum Gasteiger partial charge on any atom is -0.331 e. The topological polar surface area (TPSA) is 29.9 Å². The van der Waals surface area contributed by atoms with Gasteiger partial charge in [-0.25, -0.2) is 4.98 Å². The lowest BCUT2D eigenvalue weighted by molar-refractivity contribution is 0.435.